The Morgan fingerprint density at radius 1 is 1.42 bits per heavy atom. The van der Waals surface area contributed by atoms with E-state index in [0.717, 1.165) is 11.1 Å². The molecule has 108 valence electrons. The number of sulfonamides is 1. The number of hydrogen-bond acceptors (Lipinski definition) is 4. The lowest BCUT2D eigenvalue weighted by molar-refractivity contribution is 0.173. The smallest absolute Gasteiger partial charge is 0.240 e. The summed E-state index contributed by atoms with van der Waals surface area (Å²) >= 11 is 0. The van der Waals surface area contributed by atoms with Crippen molar-refractivity contribution in [1.82, 2.24) is 4.72 Å². The van der Waals surface area contributed by atoms with Crippen molar-refractivity contribution in [3.63, 3.8) is 0 Å². The van der Waals surface area contributed by atoms with Crippen LogP contribution in [-0.4, -0.2) is 28.2 Å². The van der Waals surface area contributed by atoms with Gasteiger partial charge in [0.1, 0.15) is 0 Å². The van der Waals surface area contributed by atoms with E-state index in [2.05, 4.69) is 4.72 Å². The minimum Gasteiger partial charge on any atom is -0.383 e. The molecule has 6 heteroatoms. The van der Waals surface area contributed by atoms with Gasteiger partial charge in [0.25, 0.3) is 0 Å². The fourth-order valence-corrected chi connectivity index (χ4v) is 3.18. The highest BCUT2D eigenvalue weighted by molar-refractivity contribution is 7.89. The van der Waals surface area contributed by atoms with Crippen molar-refractivity contribution in [2.75, 3.05) is 13.7 Å². The quantitative estimate of drug-likeness (QED) is 0.788. The summed E-state index contributed by atoms with van der Waals surface area (Å²) in [6.07, 6.45) is 0.674. The van der Waals surface area contributed by atoms with E-state index in [-0.39, 0.29) is 10.9 Å². The van der Waals surface area contributed by atoms with Crippen molar-refractivity contribution in [2.45, 2.75) is 37.8 Å². The van der Waals surface area contributed by atoms with Crippen LogP contribution in [0, 0.1) is 6.92 Å². The average molecular weight is 286 g/mol. The van der Waals surface area contributed by atoms with E-state index in [0.29, 0.717) is 19.6 Å². The maximum absolute atomic E-state index is 12.2. The first-order chi connectivity index (χ1) is 8.94. The molecule has 1 aromatic rings. The summed E-state index contributed by atoms with van der Waals surface area (Å²) in [5.74, 6) is 0. The Labute approximate surface area is 115 Å². The number of nitrogens with one attached hydrogen (secondary N) is 1. The molecule has 0 fully saturated rings. The summed E-state index contributed by atoms with van der Waals surface area (Å²) in [6.45, 7) is 4.53. The highest BCUT2D eigenvalue weighted by Gasteiger charge is 2.19. The van der Waals surface area contributed by atoms with E-state index in [4.69, 9.17) is 10.5 Å². The van der Waals surface area contributed by atoms with Crippen LogP contribution in [0.1, 0.15) is 24.5 Å². The molecule has 0 heterocycles. The van der Waals surface area contributed by atoms with Crippen LogP contribution in [0.2, 0.25) is 0 Å². The molecule has 1 atom stereocenters. The van der Waals surface area contributed by atoms with E-state index in [1.54, 1.807) is 25.3 Å². The lowest BCUT2D eigenvalue weighted by atomic mass is 10.1. The molecule has 3 N–H and O–H groups in total. The van der Waals surface area contributed by atoms with E-state index in [9.17, 15) is 8.42 Å². The topological polar surface area (TPSA) is 81.4 Å². The number of hydrogen-bond donors (Lipinski definition) is 2. The van der Waals surface area contributed by atoms with E-state index < -0.39 is 10.0 Å². The van der Waals surface area contributed by atoms with Gasteiger partial charge in [0.05, 0.1) is 11.5 Å². The number of benzene rings is 1. The van der Waals surface area contributed by atoms with Crippen LogP contribution in [0.25, 0.3) is 0 Å². The molecule has 0 bridgehead atoms. The molecule has 0 radical (unpaired) electrons. The van der Waals surface area contributed by atoms with Crippen LogP contribution in [0.5, 0.6) is 0 Å². The molecule has 1 aromatic carbocycles. The average Bonchev–Trinajstić information content (AvgIpc) is 2.37. The van der Waals surface area contributed by atoms with Gasteiger partial charge in [0.2, 0.25) is 10.0 Å². The van der Waals surface area contributed by atoms with Crippen LogP contribution in [-0.2, 0) is 21.3 Å². The second kappa shape index (κ2) is 7.00. The molecule has 0 aliphatic rings. The third-order valence-corrected chi connectivity index (χ3v) is 4.54. The summed E-state index contributed by atoms with van der Waals surface area (Å²) < 4.78 is 32.1. The lowest BCUT2D eigenvalue weighted by Gasteiger charge is -2.16. The molecular weight excluding hydrogens is 264 g/mol. The van der Waals surface area contributed by atoms with Gasteiger partial charge >= 0.3 is 0 Å². The zero-order chi connectivity index (χ0) is 14.5. The van der Waals surface area contributed by atoms with Crippen molar-refractivity contribution >= 4 is 10.0 Å². The maximum atomic E-state index is 12.2. The third-order valence-electron chi connectivity index (χ3n) is 3.03. The van der Waals surface area contributed by atoms with Crippen LogP contribution >= 0.6 is 0 Å². The summed E-state index contributed by atoms with van der Waals surface area (Å²) in [4.78, 5) is 0.261. The van der Waals surface area contributed by atoms with Gasteiger partial charge in [-0.3, -0.25) is 0 Å². The molecule has 0 aliphatic heterocycles. The molecule has 5 nitrogen and oxygen atoms in total. The first-order valence-electron chi connectivity index (χ1n) is 6.25. The van der Waals surface area contributed by atoms with Crippen LogP contribution in [0.3, 0.4) is 0 Å². The van der Waals surface area contributed by atoms with Gasteiger partial charge in [-0.2, -0.15) is 0 Å². The summed E-state index contributed by atoms with van der Waals surface area (Å²) in [7, 11) is -1.96. The Bertz CT molecular complexity index is 515. The third kappa shape index (κ3) is 4.28. The fraction of sp³-hybridized carbons (Fsp3) is 0.538. The molecule has 1 unspecified atom stereocenters. The molecule has 0 aromatic heterocycles. The van der Waals surface area contributed by atoms with Gasteiger partial charge in [-0.05, 0) is 36.6 Å². The first kappa shape index (κ1) is 16.1. The highest BCUT2D eigenvalue weighted by Crippen LogP contribution is 2.15. The van der Waals surface area contributed by atoms with E-state index in [1.807, 2.05) is 13.8 Å². The van der Waals surface area contributed by atoms with Crippen LogP contribution < -0.4 is 10.5 Å². The fourth-order valence-electron chi connectivity index (χ4n) is 1.79. The van der Waals surface area contributed by atoms with Gasteiger partial charge in [-0.25, -0.2) is 13.1 Å². The first-order valence-corrected chi connectivity index (χ1v) is 7.73. The zero-order valence-electron chi connectivity index (χ0n) is 11.6. The Morgan fingerprint density at radius 2 is 2.11 bits per heavy atom. The predicted molar refractivity (Wildman–Crippen MR) is 75.3 cm³/mol. The number of ether oxygens (including phenoxy) is 1. The molecule has 0 saturated heterocycles. The van der Waals surface area contributed by atoms with Crippen molar-refractivity contribution in [3.8, 4) is 0 Å². The SMILES string of the molecule is CCC(COC)NS(=O)(=O)c1ccc(CN)c(C)c1. The molecule has 1 rings (SSSR count). The van der Waals surface area contributed by atoms with Gasteiger partial charge in [0, 0.05) is 19.7 Å². The molecule has 0 aliphatic carbocycles. The van der Waals surface area contributed by atoms with Crippen LogP contribution in [0.15, 0.2) is 23.1 Å². The Hall–Kier alpha value is -0.950. The lowest BCUT2D eigenvalue weighted by Crippen LogP contribution is -2.37. The summed E-state index contributed by atoms with van der Waals surface area (Å²) in [5.41, 5.74) is 7.40. The molecular formula is C13H22N2O3S. The number of nitrogens with two attached hydrogens (primary N) is 1. The van der Waals surface area contributed by atoms with Crippen molar-refractivity contribution in [1.29, 1.82) is 0 Å². The number of methoxy groups -OCH3 is 1. The maximum Gasteiger partial charge on any atom is 0.240 e. The van der Waals surface area contributed by atoms with Crippen molar-refractivity contribution < 1.29 is 13.2 Å². The minimum atomic E-state index is -3.51. The molecule has 0 saturated carbocycles. The second-order valence-electron chi connectivity index (χ2n) is 4.47. The monoisotopic (exact) mass is 286 g/mol. The summed E-state index contributed by atoms with van der Waals surface area (Å²) in [6, 6.07) is 4.76. The van der Waals surface area contributed by atoms with Gasteiger partial charge in [-0.1, -0.05) is 13.0 Å². The van der Waals surface area contributed by atoms with E-state index >= 15 is 0 Å². The summed E-state index contributed by atoms with van der Waals surface area (Å²) in [5, 5.41) is 0. The van der Waals surface area contributed by atoms with Gasteiger partial charge in [0.15, 0.2) is 0 Å². The van der Waals surface area contributed by atoms with E-state index in [1.165, 1.54) is 0 Å². The second-order valence-corrected chi connectivity index (χ2v) is 6.19. The van der Waals surface area contributed by atoms with Gasteiger partial charge in [-0.15, -0.1) is 0 Å². The van der Waals surface area contributed by atoms with Gasteiger partial charge < -0.3 is 10.5 Å². The number of rotatable bonds is 7. The minimum absolute atomic E-state index is 0.218. The Balaban J connectivity index is 2.96. The molecule has 0 spiro atoms. The normalized spacial score (nSPS) is 13.5. The Morgan fingerprint density at radius 3 is 2.58 bits per heavy atom. The Kier molecular flexibility index (Phi) is 5.93. The molecule has 0 amide bonds. The highest BCUT2D eigenvalue weighted by atomic mass is 32.2. The van der Waals surface area contributed by atoms with Crippen LogP contribution in [0.4, 0.5) is 0 Å². The number of aryl methyl sites for hydroxylation is 1. The predicted octanol–water partition coefficient (Wildman–Crippen LogP) is 1.16. The van der Waals surface area contributed by atoms with Crippen molar-refractivity contribution in [3.05, 3.63) is 29.3 Å². The van der Waals surface area contributed by atoms with Crippen molar-refractivity contribution in [2.24, 2.45) is 5.73 Å². The largest absolute Gasteiger partial charge is 0.383 e. The molecule has 19 heavy (non-hydrogen) atoms. The zero-order valence-corrected chi connectivity index (χ0v) is 12.5. The standard InChI is InChI=1S/C13H22N2O3S/c1-4-12(9-18-3)15-19(16,17)13-6-5-11(8-14)10(2)7-13/h5-7,12,15H,4,8-9,14H2,1-3H3.